The number of anilines is 2. The van der Waals surface area contributed by atoms with Crippen molar-refractivity contribution in [2.75, 3.05) is 90.6 Å². The number of likely N-dealkylation sites (N-methyl/N-ethyl adjacent to an activating group) is 2. The van der Waals surface area contributed by atoms with E-state index >= 15 is 0 Å². The van der Waals surface area contributed by atoms with Crippen molar-refractivity contribution < 1.29 is 75.1 Å². The number of amides is 4. The number of β-lactam (4-membered cyclic amide) rings is 2. The molecule has 2 aromatic rings. The Morgan fingerprint density at radius 3 is 1.35 bits per heavy atom. The number of quaternary nitrogens is 2. The number of hydrogen-bond acceptors (Lipinski definition) is 22. The van der Waals surface area contributed by atoms with Gasteiger partial charge in [0.1, 0.15) is 72.9 Å². The zero-order valence-electron chi connectivity index (χ0n) is 37.5. The number of fused-ring (bicyclic) bond motifs is 2. The molecule has 0 aromatic carbocycles. The molecule has 26 nitrogen and oxygen atoms in total. The fourth-order valence-electron chi connectivity index (χ4n) is 8.85. The van der Waals surface area contributed by atoms with Crippen LogP contribution < -0.4 is 22.1 Å². The number of hydrogen-bond donors (Lipinski definition) is 6. The van der Waals surface area contributed by atoms with Gasteiger partial charge in [-0.15, -0.1) is 46.2 Å². The molecule has 2 unspecified atom stereocenters. The van der Waals surface area contributed by atoms with Gasteiger partial charge in [-0.05, 0) is 0 Å². The first-order chi connectivity index (χ1) is 32.5. The Bertz CT molecular complexity index is 2440. The highest BCUT2D eigenvalue weighted by Crippen LogP contribution is 2.43. The number of oxime groups is 2. The van der Waals surface area contributed by atoms with Crippen molar-refractivity contribution in [1.82, 2.24) is 30.4 Å². The first-order valence-corrected chi connectivity index (χ1v) is 26.1. The summed E-state index contributed by atoms with van der Waals surface area (Å²) in [5.41, 5.74) is 13.2. The molecular formula is C38H50N12O14S5. The molecule has 8 rings (SSSR count). The van der Waals surface area contributed by atoms with E-state index in [2.05, 4.69) is 45.0 Å². The Morgan fingerprint density at radius 1 is 0.739 bits per heavy atom. The average molecular weight is 1060 g/mol. The second-order valence-electron chi connectivity index (χ2n) is 16.9. The van der Waals surface area contributed by atoms with Gasteiger partial charge < -0.3 is 60.1 Å². The molecule has 6 aliphatic heterocycles. The molecule has 4 amide bonds. The number of aromatic nitrogens is 2. The van der Waals surface area contributed by atoms with Crippen molar-refractivity contribution in [3.8, 4) is 0 Å². The van der Waals surface area contributed by atoms with Crippen molar-refractivity contribution in [3.63, 3.8) is 0 Å². The van der Waals surface area contributed by atoms with Gasteiger partial charge in [0, 0.05) is 69.5 Å². The molecule has 0 aliphatic carbocycles. The van der Waals surface area contributed by atoms with Crippen LogP contribution >= 0.6 is 46.2 Å². The molecule has 4 saturated heterocycles. The summed E-state index contributed by atoms with van der Waals surface area (Å²) in [7, 11) is 1.67. The maximum Gasteiger partial charge on any atom is 0.352 e. The van der Waals surface area contributed by atoms with Crippen molar-refractivity contribution in [1.29, 1.82) is 0 Å². The molecule has 6 aliphatic rings. The fraction of sp³-hybridized carbons (Fsp3) is 0.526. The monoisotopic (exact) mass is 1060 g/mol. The van der Waals surface area contributed by atoms with Gasteiger partial charge in [0.25, 0.3) is 23.6 Å². The molecule has 0 saturated carbocycles. The summed E-state index contributed by atoms with van der Waals surface area (Å²) >= 11 is 5.21. The van der Waals surface area contributed by atoms with E-state index in [-0.39, 0.29) is 44.5 Å². The van der Waals surface area contributed by atoms with E-state index in [1.165, 1.54) is 47.5 Å². The van der Waals surface area contributed by atoms with Crippen molar-refractivity contribution >= 4 is 114 Å². The third-order valence-corrected chi connectivity index (χ3v) is 15.9. The molecule has 8 heterocycles. The number of carbonyl (C=O) groups is 6. The molecule has 69 heavy (non-hydrogen) atoms. The van der Waals surface area contributed by atoms with Gasteiger partial charge in [0.05, 0.1) is 40.3 Å². The van der Waals surface area contributed by atoms with Crippen LogP contribution in [0.5, 0.6) is 0 Å². The highest BCUT2D eigenvalue weighted by molar-refractivity contribution is 8.00. The number of nitrogen functional groups attached to an aromatic ring is 2. The molecule has 4 fully saturated rings. The molecule has 8 N–H and O–H groups in total. The predicted molar refractivity (Wildman–Crippen MR) is 250 cm³/mol. The van der Waals surface area contributed by atoms with E-state index in [0.29, 0.717) is 24.6 Å². The number of nitrogens with zero attached hydrogens (tertiary/aromatic N) is 8. The van der Waals surface area contributed by atoms with Crippen LogP contribution in [0.25, 0.3) is 0 Å². The molecule has 376 valence electrons. The number of carboxylic acid groups (broad SMARTS) is 2. The van der Waals surface area contributed by atoms with E-state index in [1.807, 2.05) is 0 Å². The first-order valence-electron chi connectivity index (χ1n) is 20.9. The van der Waals surface area contributed by atoms with E-state index < -0.39 is 68.8 Å². The lowest BCUT2D eigenvalue weighted by Crippen LogP contribution is -2.71. The van der Waals surface area contributed by atoms with E-state index in [0.717, 1.165) is 94.6 Å². The summed E-state index contributed by atoms with van der Waals surface area (Å²) in [5, 5.41) is 35.2. The van der Waals surface area contributed by atoms with Crippen LogP contribution in [0, 0.1) is 0 Å². The minimum absolute atomic E-state index is 0.0496. The normalized spacial score (nSPS) is 23.8. The number of carbonyl (C=O) groups excluding carboxylic acids is 4. The Balaban J connectivity index is 0.000000207. The summed E-state index contributed by atoms with van der Waals surface area (Å²) in [6.07, 6.45) is 4.48. The molecule has 31 heteroatoms. The molecule has 0 bridgehead atoms. The average Bonchev–Trinajstić information content (AvgIpc) is 4.11. The SMILES string of the molecule is CO/N=C(\C(=O)NC1C(=O)N2C(C(=O)O)=C(C[N+]3(C)CCCC3)CS[C@@H]12)c1csc(N)n1.CO/N=C(\C(=O)NC1C(=O)N2C(C(=O)O)=C(C[N+]3(C)CCCC3)CS[C@@H]12)c1csc(N)n1.O=S(=O)([O-])[O-]. The van der Waals surface area contributed by atoms with Crippen LogP contribution in [0.4, 0.5) is 10.3 Å². The molecule has 4 atom stereocenters. The minimum Gasteiger partial charge on any atom is -0.759 e. The number of thiazole rings is 2. The molecular weight excluding hydrogens is 1010 g/mol. The predicted octanol–water partition coefficient (Wildman–Crippen LogP) is -1.23. The van der Waals surface area contributed by atoms with Gasteiger partial charge in [0.2, 0.25) is 0 Å². The van der Waals surface area contributed by atoms with Crippen LogP contribution in [-0.4, -0.2) is 205 Å². The Morgan fingerprint density at radius 2 is 1.07 bits per heavy atom. The number of aliphatic carboxylic acids is 2. The minimum atomic E-state index is -5.17. The van der Waals surface area contributed by atoms with Crippen molar-refractivity contribution in [3.05, 3.63) is 44.7 Å². The van der Waals surface area contributed by atoms with Crippen LogP contribution in [0.3, 0.4) is 0 Å². The number of nitrogens with two attached hydrogens (primary N) is 2. The second kappa shape index (κ2) is 21.7. The number of nitrogens with one attached hydrogen (secondary N) is 2. The molecule has 2 aromatic heterocycles. The van der Waals surface area contributed by atoms with Crippen LogP contribution in [-0.2, 0) is 48.8 Å². The lowest BCUT2D eigenvalue weighted by atomic mass is 10.0. The molecule has 0 spiro atoms. The topological polar surface area (TPSA) is 375 Å². The number of thioether (sulfide) groups is 2. The molecule has 0 radical (unpaired) electrons. The second-order valence-corrected chi connectivity index (χ2v) is 21.7. The quantitative estimate of drug-likeness (QED) is 0.0322. The standard InChI is InChI=1S/2C19H24N6O5S2.H2O4S/c2*1-25(5-3-4-6-25)7-10-8-31-17-13(16(27)24(17)14(10)18(28)29)22-15(26)12(23-30-2)11-9-32-19(20)21-11;1-5(2,3)4/h2*9,13,17H,3-8H2,1-2H3,(H3-,20,21,22,26,28,29);(H2,1,2,3,4)/b2*23-12-;/t2*13?,17-;/m00./s1. The van der Waals surface area contributed by atoms with E-state index in [1.54, 1.807) is 10.8 Å². The highest BCUT2D eigenvalue weighted by Gasteiger charge is 2.56. The third kappa shape index (κ3) is 12.3. The number of carboxylic acids is 2. The smallest absolute Gasteiger partial charge is 0.352 e. The summed E-state index contributed by atoms with van der Waals surface area (Å²) in [6, 6.07) is -1.73. The maximum atomic E-state index is 12.9. The summed E-state index contributed by atoms with van der Waals surface area (Å²) in [6.45, 7) is 5.22. The first kappa shape index (κ1) is 53.0. The zero-order valence-corrected chi connectivity index (χ0v) is 41.6. The van der Waals surface area contributed by atoms with Gasteiger partial charge in [0.15, 0.2) is 21.7 Å². The van der Waals surface area contributed by atoms with Gasteiger partial charge in [-0.2, -0.15) is 0 Å². The number of rotatable bonds is 14. The number of likely N-dealkylation sites (tertiary alicyclic amines) is 2. The van der Waals surface area contributed by atoms with Crippen LogP contribution in [0.15, 0.2) is 43.6 Å². The van der Waals surface area contributed by atoms with Crippen molar-refractivity contribution in [2.24, 2.45) is 10.3 Å². The Hall–Kier alpha value is -5.41. The van der Waals surface area contributed by atoms with Crippen molar-refractivity contribution in [2.45, 2.75) is 48.5 Å². The van der Waals surface area contributed by atoms with E-state index in [4.69, 9.17) is 38.7 Å². The lowest BCUT2D eigenvalue weighted by molar-refractivity contribution is -0.893. The van der Waals surface area contributed by atoms with Crippen LogP contribution in [0.2, 0.25) is 0 Å². The Kier molecular flexibility index (Phi) is 16.7. The fourth-order valence-corrected chi connectivity index (χ4v) is 12.6. The lowest BCUT2D eigenvalue weighted by Gasteiger charge is -2.49. The van der Waals surface area contributed by atoms with E-state index in [9.17, 15) is 39.0 Å². The summed E-state index contributed by atoms with van der Waals surface area (Å²) in [4.78, 5) is 95.8. The zero-order chi connectivity index (χ0) is 50.6. The summed E-state index contributed by atoms with van der Waals surface area (Å²) in [5.74, 6) is -3.43. The van der Waals surface area contributed by atoms with Gasteiger partial charge >= 0.3 is 11.9 Å². The summed E-state index contributed by atoms with van der Waals surface area (Å²) < 4.78 is 35.7. The van der Waals surface area contributed by atoms with Gasteiger partial charge in [-0.25, -0.2) is 19.6 Å². The van der Waals surface area contributed by atoms with Gasteiger partial charge in [-0.1, -0.05) is 10.3 Å². The Labute approximate surface area is 411 Å². The van der Waals surface area contributed by atoms with Gasteiger partial charge in [-0.3, -0.25) is 37.4 Å². The highest BCUT2D eigenvalue weighted by atomic mass is 32.3. The largest absolute Gasteiger partial charge is 0.759 e. The maximum absolute atomic E-state index is 12.9. The third-order valence-electron chi connectivity index (χ3n) is 11.8. The van der Waals surface area contributed by atoms with Crippen LogP contribution in [0.1, 0.15) is 37.1 Å².